The maximum absolute atomic E-state index is 12.9. The Morgan fingerprint density at radius 2 is 1.69 bits per heavy atom. The molecule has 0 aliphatic heterocycles. The number of rotatable bonds is 7. The Balaban J connectivity index is 1.68. The number of amides is 1. The van der Waals surface area contributed by atoms with Crippen LogP contribution >= 0.6 is 11.8 Å². The molecule has 29 heavy (non-hydrogen) atoms. The van der Waals surface area contributed by atoms with E-state index in [0.29, 0.717) is 0 Å². The maximum atomic E-state index is 12.9. The van der Waals surface area contributed by atoms with Crippen LogP contribution in [0, 0.1) is 0 Å². The van der Waals surface area contributed by atoms with Gasteiger partial charge in [0, 0.05) is 11.9 Å². The number of fused-ring (bicyclic) bond motifs is 1. The first-order chi connectivity index (χ1) is 13.8. The van der Waals surface area contributed by atoms with Crippen LogP contribution in [0.3, 0.4) is 0 Å². The second-order valence-electron chi connectivity index (χ2n) is 6.83. The molecule has 152 valence electrons. The molecule has 3 rings (SSSR count). The summed E-state index contributed by atoms with van der Waals surface area (Å²) in [4.78, 5) is 13.7. The number of nitrogens with one attached hydrogen (secondary N) is 1. The third-order valence-corrected chi connectivity index (χ3v) is 7.33. The summed E-state index contributed by atoms with van der Waals surface area (Å²) in [7, 11) is -2.35. The molecule has 1 amide bonds. The summed E-state index contributed by atoms with van der Waals surface area (Å²) in [5.41, 5.74) is 0.969. The molecule has 0 heterocycles. The Bertz CT molecular complexity index is 1110. The lowest BCUT2D eigenvalue weighted by molar-refractivity contribution is -0.121. The maximum Gasteiger partial charge on any atom is 0.243 e. The predicted molar refractivity (Wildman–Crippen MR) is 119 cm³/mol. The van der Waals surface area contributed by atoms with Crippen LogP contribution < -0.4 is 5.32 Å². The van der Waals surface area contributed by atoms with Crippen molar-refractivity contribution >= 4 is 38.5 Å². The lowest BCUT2D eigenvalue weighted by Gasteiger charge is -2.20. The molecular weight excluding hydrogens is 404 g/mol. The van der Waals surface area contributed by atoms with E-state index in [1.807, 2.05) is 61.7 Å². The second-order valence-corrected chi connectivity index (χ2v) is 9.76. The number of benzene rings is 3. The van der Waals surface area contributed by atoms with Gasteiger partial charge in [-0.3, -0.25) is 4.79 Å². The van der Waals surface area contributed by atoms with E-state index in [1.165, 1.54) is 7.05 Å². The molecule has 0 bridgehead atoms. The average Bonchev–Trinajstić information content (AvgIpc) is 2.73. The minimum atomic E-state index is -3.77. The van der Waals surface area contributed by atoms with Crippen molar-refractivity contribution in [2.45, 2.75) is 22.8 Å². The van der Waals surface area contributed by atoms with Gasteiger partial charge in [0.2, 0.25) is 15.9 Å². The molecule has 1 unspecified atom stereocenters. The average molecular weight is 429 g/mol. The number of sulfonamides is 1. The molecule has 0 saturated carbocycles. The Kier molecular flexibility index (Phi) is 6.62. The fourth-order valence-electron chi connectivity index (χ4n) is 3.06. The summed E-state index contributed by atoms with van der Waals surface area (Å²) in [6, 6.07) is 20.3. The molecule has 0 spiro atoms. The van der Waals surface area contributed by atoms with Gasteiger partial charge < -0.3 is 5.32 Å². The summed E-state index contributed by atoms with van der Waals surface area (Å²) >= 11 is 1.65. The van der Waals surface area contributed by atoms with Crippen molar-refractivity contribution in [1.82, 2.24) is 9.62 Å². The van der Waals surface area contributed by atoms with E-state index < -0.39 is 10.0 Å². The summed E-state index contributed by atoms with van der Waals surface area (Å²) < 4.78 is 26.8. The van der Waals surface area contributed by atoms with E-state index in [9.17, 15) is 13.2 Å². The molecule has 0 aromatic heterocycles. The van der Waals surface area contributed by atoms with Crippen LogP contribution in [0.15, 0.2) is 76.5 Å². The molecule has 0 radical (unpaired) electrons. The fourth-order valence-corrected chi connectivity index (χ4v) is 4.63. The molecule has 7 heteroatoms. The number of hydrogen-bond acceptors (Lipinski definition) is 4. The molecule has 0 saturated heterocycles. The van der Waals surface area contributed by atoms with E-state index in [4.69, 9.17) is 0 Å². The zero-order chi connectivity index (χ0) is 21.0. The van der Waals surface area contributed by atoms with E-state index in [1.54, 1.807) is 30.0 Å². The highest BCUT2D eigenvalue weighted by Gasteiger charge is 2.24. The third kappa shape index (κ3) is 4.98. The van der Waals surface area contributed by atoms with Crippen LogP contribution in [0.2, 0.25) is 0 Å². The summed E-state index contributed by atoms with van der Waals surface area (Å²) in [5, 5.41) is 4.67. The van der Waals surface area contributed by atoms with Crippen LogP contribution in [0.25, 0.3) is 10.8 Å². The molecule has 3 aromatic carbocycles. The standard InChI is InChI=1S/C22H24N2O3S2/c1-16(17-8-11-20(28-3)12-9-17)23-22(25)15-24(2)29(26,27)21-13-10-18-6-4-5-7-19(18)14-21/h4-14,16H,15H2,1-3H3,(H,23,25). The number of thioether (sulfide) groups is 1. The fraction of sp³-hybridized carbons (Fsp3) is 0.227. The largest absolute Gasteiger partial charge is 0.348 e. The van der Waals surface area contributed by atoms with Crippen molar-refractivity contribution in [2.75, 3.05) is 19.8 Å². The van der Waals surface area contributed by atoms with E-state index >= 15 is 0 Å². The van der Waals surface area contributed by atoms with Gasteiger partial charge in [0.15, 0.2) is 0 Å². The van der Waals surface area contributed by atoms with Gasteiger partial charge in [-0.1, -0.05) is 42.5 Å². The van der Waals surface area contributed by atoms with Gasteiger partial charge in [-0.05, 0) is 53.8 Å². The zero-order valence-electron chi connectivity index (χ0n) is 16.6. The Hall–Kier alpha value is -2.35. The van der Waals surface area contributed by atoms with Crippen LogP contribution in [-0.2, 0) is 14.8 Å². The van der Waals surface area contributed by atoms with Crippen molar-refractivity contribution in [3.63, 3.8) is 0 Å². The molecule has 3 aromatic rings. The van der Waals surface area contributed by atoms with Gasteiger partial charge in [0.25, 0.3) is 0 Å². The highest BCUT2D eigenvalue weighted by molar-refractivity contribution is 7.98. The SMILES string of the molecule is CSc1ccc(C(C)NC(=O)CN(C)S(=O)(=O)c2ccc3ccccc3c2)cc1. The second kappa shape index (κ2) is 8.98. The molecule has 1 N–H and O–H groups in total. The van der Waals surface area contributed by atoms with Crippen molar-refractivity contribution in [3.05, 3.63) is 72.3 Å². The molecular formula is C22H24N2O3S2. The summed E-state index contributed by atoms with van der Waals surface area (Å²) in [6.45, 7) is 1.63. The summed E-state index contributed by atoms with van der Waals surface area (Å²) in [5.74, 6) is -0.349. The first kappa shape index (κ1) is 21.4. The van der Waals surface area contributed by atoms with Gasteiger partial charge in [0.1, 0.15) is 0 Å². The van der Waals surface area contributed by atoms with E-state index in [-0.39, 0.29) is 23.4 Å². The molecule has 0 fully saturated rings. The lowest BCUT2D eigenvalue weighted by atomic mass is 10.1. The Morgan fingerprint density at radius 1 is 1.03 bits per heavy atom. The van der Waals surface area contributed by atoms with E-state index in [0.717, 1.165) is 25.5 Å². The number of nitrogens with zero attached hydrogens (tertiary/aromatic N) is 1. The zero-order valence-corrected chi connectivity index (χ0v) is 18.3. The first-order valence-corrected chi connectivity index (χ1v) is 11.9. The first-order valence-electron chi connectivity index (χ1n) is 9.19. The Labute approximate surface area is 176 Å². The molecule has 5 nitrogen and oxygen atoms in total. The van der Waals surface area contributed by atoms with Gasteiger partial charge in [-0.25, -0.2) is 8.42 Å². The van der Waals surface area contributed by atoms with Crippen molar-refractivity contribution in [2.24, 2.45) is 0 Å². The Morgan fingerprint density at radius 3 is 2.34 bits per heavy atom. The van der Waals surface area contributed by atoms with E-state index in [2.05, 4.69) is 5.32 Å². The van der Waals surface area contributed by atoms with Crippen LogP contribution in [0.4, 0.5) is 0 Å². The van der Waals surface area contributed by atoms with Gasteiger partial charge in [0.05, 0.1) is 17.5 Å². The third-order valence-electron chi connectivity index (χ3n) is 4.79. The minimum Gasteiger partial charge on any atom is -0.348 e. The van der Waals surface area contributed by atoms with Crippen LogP contribution in [-0.4, -0.2) is 38.5 Å². The van der Waals surface area contributed by atoms with Crippen molar-refractivity contribution < 1.29 is 13.2 Å². The number of carbonyl (C=O) groups excluding carboxylic acids is 1. The number of likely N-dealkylation sites (N-methyl/N-ethyl adjacent to an activating group) is 1. The monoisotopic (exact) mass is 428 g/mol. The predicted octanol–water partition coefficient (Wildman–Crippen LogP) is 4.06. The smallest absolute Gasteiger partial charge is 0.243 e. The normalized spacial score (nSPS) is 12.8. The van der Waals surface area contributed by atoms with Crippen molar-refractivity contribution in [3.8, 4) is 0 Å². The number of hydrogen-bond donors (Lipinski definition) is 1. The van der Waals surface area contributed by atoms with Gasteiger partial charge in [-0.2, -0.15) is 4.31 Å². The molecule has 1 atom stereocenters. The van der Waals surface area contributed by atoms with Crippen LogP contribution in [0.1, 0.15) is 18.5 Å². The number of carbonyl (C=O) groups is 1. The van der Waals surface area contributed by atoms with Gasteiger partial charge >= 0.3 is 0 Å². The lowest BCUT2D eigenvalue weighted by Crippen LogP contribution is -2.39. The quantitative estimate of drug-likeness (QED) is 0.577. The van der Waals surface area contributed by atoms with Crippen molar-refractivity contribution in [1.29, 1.82) is 0 Å². The molecule has 0 aliphatic rings. The summed E-state index contributed by atoms with van der Waals surface area (Å²) in [6.07, 6.45) is 2.01. The highest BCUT2D eigenvalue weighted by Crippen LogP contribution is 2.22. The van der Waals surface area contributed by atoms with Gasteiger partial charge in [-0.15, -0.1) is 11.8 Å². The topological polar surface area (TPSA) is 66.5 Å². The van der Waals surface area contributed by atoms with Crippen LogP contribution in [0.5, 0.6) is 0 Å². The highest BCUT2D eigenvalue weighted by atomic mass is 32.2. The minimum absolute atomic E-state index is 0.173. The molecule has 0 aliphatic carbocycles.